The number of carboxylic acids is 2. The van der Waals surface area contributed by atoms with Gasteiger partial charge in [-0.1, -0.05) is 60.7 Å². The number of nitrogens with zero attached hydrogens (tertiary/aromatic N) is 2. The number of para-hydroxylation sites is 2. The van der Waals surface area contributed by atoms with Gasteiger partial charge in [-0.05, 0) is 71.4 Å². The molecule has 4 aromatic carbocycles. The summed E-state index contributed by atoms with van der Waals surface area (Å²) in [6, 6.07) is 29.6. The molecule has 1 heterocycles. The third-order valence-electron chi connectivity index (χ3n) is 6.21. The highest BCUT2D eigenvalue weighted by Crippen LogP contribution is 2.36. The second kappa shape index (κ2) is 12.4. The van der Waals surface area contributed by atoms with Crippen molar-refractivity contribution < 1.29 is 29.3 Å². The average Bonchev–Trinajstić information content (AvgIpc) is 3.26. The molecule has 0 aromatic heterocycles. The smallest absolute Gasteiger partial charge is 0.335 e. The van der Waals surface area contributed by atoms with Gasteiger partial charge in [0.05, 0.1) is 28.3 Å². The van der Waals surface area contributed by atoms with Crippen molar-refractivity contribution in [1.82, 2.24) is 4.90 Å². The number of aliphatic imine (C=N–C) groups is 1. The molecule has 2 N–H and O–H groups in total. The van der Waals surface area contributed by atoms with Crippen LogP contribution in [0.5, 0.6) is 5.75 Å². The van der Waals surface area contributed by atoms with Gasteiger partial charge in [-0.3, -0.25) is 9.69 Å². The van der Waals surface area contributed by atoms with Crippen molar-refractivity contribution >= 4 is 46.5 Å². The Morgan fingerprint density at radius 2 is 1.37 bits per heavy atom. The molecule has 0 atom stereocenters. The molecule has 1 aliphatic heterocycles. The van der Waals surface area contributed by atoms with E-state index in [1.165, 1.54) is 36.0 Å². The van der Waals surface area contributed by atoms with E-state index in [1.807, 2.05) is 54.6 Å². The Hall–Kier alpha value is -5.15. The predicted octanol–water partition coefficient (Wildman–Crippen LogP) is 6.47. The minimum atomic E-state index is -1.01. The second-order valence-electron chi connectivity index (χ2n) is 9.06. The van der Waals surface area contributed by atoms with Crippen molar-refractivity contribution in [3.8, 4) is 5.75 Å². The molecule has 0 spiro atoms. The van der Waals surface area contributed by atoms with E-state index in [2.05, 4.69) is 0 Å². The molecule has 0 aliphatic carbocycles. The Labute approximate surface area is 240 Å². The summed E-state index contributed by atoms with van der Waals surface area (Å²) in [5, 5.41) is 18.8. The van der Waals surface area contributed by atoms with Gasteiger partial charge in [0.2, 0.25) is 0 Å². The lowest BCUT2D eigenvalue weighted by Crippen LogP contribution is -2.28. The third-order valence-corrected chi connectivity index (χ3v) is 7.22. The Bertz CT molecular complexity index is 1650. The molecule has 1 saturated heterocycles. The van der Waals surface area contributed by atoms with Gasteiger partial charge in [0.15, 0.2) is 5.17 Å². The van der Waals surface area contributed by atoms with Crippen LogP contribution in [0.2, 0.25) is 0 Å². The summed E-state index contributed by atoms with van der Waals surface area (Å²) in [6.45, 7) is 0.444. The molecule has 4 aromatic rings. The van der Waals surface area contributed by atoms with Gasteiger partial charge >= 0.3 is 11.9 Å². The number of benzene rings is 4. The molecule has 41 heavy (non-hydrogen) atoms. The standard InChI is InChI=1S/C32H24N2O6S/c35-29-28(18-25-6-4-5-9-27(25)40-20-22-12-16-24(17-13-22)31(38)39)41-32(33-26-7-2-1-3-8-26)34(29)19-21-10-14-23(15-11-21)30(36)37/h1-18H,19-20H2,(H,36,37)(H,38,39)/b28-18-,33-32?. The Balaban J connectivity index is 1.41. The van der Waals surface area contributed by atoms with Gasteiger partial charge in [0.1, 0.15) is 12.4 Å². The second-order valence-corrected chi connectivity index (χ2v) is 10.1. The number of aromatic carboxylic acids is 2. The molecule has 9 heteroatoms. The summed E-state index contributed by atoms with van der Waals surface area (Å²) in [6.07, 6.45) is 1.77. The fraction of sp³-hybridized carbons (Fsp3) is 0.0625. The van der Waals surface area contributed by atoms with Crippen molar-refractivity contribution in [3.05, 3.63) is 136 Å². The number of thioether (sulfide) groups is 1. The fourth-order valence-corrected chi connectivity index (χ4v) is 5.04. The highest BCUT2D eigenvalue weighted by Gasteiger charge is 2.33. The summed E-state index contributed by atoms with van der Waals surface area (Å²) >= 11 is 1.25. The highest BCUT2D eigenvalue weighted by molar-refractivity contribution is 8.18. The molecule has 5 rings (SSSR count). The Morgan fingerprint density at radius 1 is 0.780 bits per heavy atom. The molecular formula is C32H24N2O6S. The topological polar surface area (TPSA) is 116 Å². The molecule has 0 unspecified atom stereocenters. The predicted molar refractivity (Wildman–Crippen MR) is 157 cm³/mol. The number of amides is 1. The van der Waals surface area contributed by atoms with Crippen LogP contribution in [0, 0.1) is 0 Å². The first-order chi connectivity index (χ1) is 19.9. The molecule has 8 nitrogen and oxygen atoms in total. The molecule has 0 bridgehead atoms. The van der Waals surface area contributed by atoms with Crippen molar-refractivity contribution in [3.63, 3.8) is 0 Å². The lowest BCUT2D eigenvalue weighted by atomic mass is 10.1. The molecule has 0 saturated carbocycles. The molecule has 1 aliphatic rings. The molecular weight excluding hydrogens is 540 g/mol. The maximum atomic E-state index is 13.6. The lowest BCUT2D eigenvalue weighted by Gasteiger charge is -2.16. The number of carbonyl (C=O) groups is 3. The number of amidine groups is 1. The van der Waals surface area contributed by atoms with E-state index >= 15 is 0 Å². The van der Waals surface area contributed by atoms with Gasteiger partial charge in [-0.25, -0.2) is 14.6 Å². The minimum Gasteiger partial charge on any atom is -0.488 e. The minimum absolute atomic E-state index is 0.170. The zero-order valence-electron chi connectivity index (χ0n) is 21.6. The van der Waals surface area contributed by atoms with Crippen LogP contribution in [0.4, 0.5) is 5.69 Å². The van der Waals surface area contributed by atoms with E-state index in [1.54, 1.807) is 35.2 Å². The van der Waals surface area contributed by atoms with Crippen molar-refractivity contribution in [2.75, 3.05) is 0 Å². The first kappa shape index (κ1) is 27.4. The summed E-state index contributed by atoms with van der Waals surface area (Å²) < 4.78 is 6.04. The van der Waals surface area contributed by atoms with E-state index in [9.17, 15) is 19.5 Å². The maximum Gasteiger partial charge on any atom is 0.335 e. The van der Waals surface area contributed by atoms with Crippen LogP contribution in [-0.2, 0) is 17.9 Å². The van der Waals surface area contributed by atoms with E-state index in [0.717, 1.165) is 11.1 Å². The van der Waals surface area contributed by atoms with Gasteiger partial charge in [-0.2, -0.15) is 0 Å². The summed E-state index contributed by atoms with van der Waals surface area (Å²) in [7, 11) is 0. The van der Waals surface area contributed by atoms with E-state index in [-0.39, 0.29) is 30.2 Å². The molecule has 0 radical (unpaired) electrons. The van der Waals surface area contributed by atoms with Crippen LogP contribution in [0.25, 0.3) is 6.08 Å². The van der Waals surface area contributed by atoms with Crippen LogP contribution >= 0.6 is 11.8 Å². The third kappa shape index (κ3) is 6.71. The van der Waals surface area contributed by atoms with E-state index in [0.29, 0.717) is 27.1 Å². The fourth-order valence-electron chi connectivity index (χ4n) is 4.06. The summed E-state index contributed by atoms with van der Waals surface area (Å²) in [5.74, 6) is -1.67. The first-order valence-corrected chi connectivity index (χ1v) is 13.4. The number of rotatable bonds is 9. The van der Waals surface area contributed by atoms with Crippen molar-refractivity contribution in [2.45, 2.75) is 13.2 Å². The van der Waals surface area contributed by atoms with Crippen LogP contribution in [-0.4, -0.2) is 38.1 Å². The van der Waals surface area contributed by atoms with Gasteiger partial charge in [0.25, 0.3) is 5.91 Å². The zero-order chi connectivity index (χ0) is 28.8. The van der Waals surface area contributed by atoms with Crippen molar-refractivity contribution in [2.24, 2.45) is 4.99 Å². The van der Waals surface area contributed by atoms with Crippen LogP contribution < -0.4 is 4.74 Å². The Morgan fingerprint density at radius 3 is 2.00 bits per heavy atom. The zero-order valence-corrected chi connectivity index (χ0v) is 22.5. The first-order valence-electron chi connectivity index (χ1n) is 12.6. The van der Waals surface area contributed by atoms with Crippen LogP contribution in [0.1, 0.15) is 37.4 Å². The molecule has 1 amide bonds. The highest BCUT2D eigenvalue weighted by atomic mass is 32.2. The van der Waals surface area contributed by atoms with Crippen LogP contribution in [0.3, 0.4) is 0 Å². The number of carboxylic acid groups (broad SMARTS) is 2. The lowest BCUT2D eigenvalue weighted by molar-refractivity contribution is -0.122. The monoisotopic (exact) mass is 564 g/mol. The van der Waals surface area contributed by atoms with E-state index in [4.69, 9.17) is 14.8 Å². The maximum absolute atomic E-state index is 13.6. The normalized spacial score (nSPS) is 14.9. The summed E-state index contributed by atoms with van der Waals surface area (Å²) in [5.41, 5.74) is 3.35. The number of ether oxygens (including phenoxy) is 1. The quantitative estimate of drug-likeness (QED) is 0.224. The molecule has 204 valence electrons. The number of hydrogen-bond donors (Lipinski definition) is 2. The van der Waals surface area contributed by atoms with E-state index < -0.39 is 11.9 Å². The number of carbonyl (C=O) groups excluding carboxylic acids is 1. The number of hydrogen-bond acceptors (Lipinski definition) is 6. The van der Waals surface area contributed by atoms with Crippen molar-refractivity contribution in [1.29, 1.82) is 0 Å². The van der Waals surface area contributed by atoms with Gasteiger partial charge in [-0.15, -0.1) is 0 Å². The molecule has 1 fully saturated rings. The Kier molecular flexibility index (Phi) is 8.26. The summed E-state index contributed by atoms with van der Waals surface area (Å²) in [4.78, 5) is 42.8. The average molecular weight is 565 g/mol. The SMILES string of the molecule is O=C(O)c1ccc(COc2ccccc2/C=C2\SC(=Nc3ccccc3)N(Cc3ccc(C(=O)O)cc3)C2=O)cc1. The van der Waals surface area contributed by atoms with Crippen LogP contribution in [0.15, 0.2) is 113 Å². The largest absolute Gasteiger partial charge is 0.488 e. The van der Waals surface area contributed by atoms with Gasteiger partial charge < -0.3 is 14.9 Å². The van der Waals surface area contributed by atoms with Gasteiger partial charge in [0, 0.05) is 5.56 Å².